The molecule has 0 amide bonds. The number of hydrogen-bond acceptors (Lipinski definition) is 3. The second kappa shape index (κ2) is 4.61. The van der Waals surface area contributed by atoms with Crippen molar-refractivity contribution in [3.05, 3.63) is 16.0 Å². The van der Waals surface area contributed by atoms with E-state index in [0.29, 0.717) is 5.92 Å². The van der Waals surface area contributed by atoms with Crippen molar-refractivity contribution in [2.75, 3.05) is 23.9 Å². The zero-order valence-corrected chi connectivity index (χ0v) is 10.6. The van der Waals surface area contributed by atoms with Crippen LogP contribution in [-0.2, 0) is 0 Å². The molecule has 0 N–H and O–H groups in total. The van der Waals surface area contributed by atoms with Gasteiger partial charge in [-0.3, -0.25) is 0 Å². The monoisotopic (exact) mass is 323 g/mol. The summed E-state index contributed by atoms with van der Waals surface area (Å²) in [5, 5.41) is 0. The Labute approximate surface area is 102 Å². The number of alkyl halides is 1. The molecule has 1 unspecified atom stereocenters. The first-order valence-corrected chi connectivity index (χ1v) is 6.19. The van der Waals surface area contributed by atoms with Gasteiger partial charge in [-0.1, -0.05) is 0 Å². The molecule has 1 aromatic heterocycles. The van der Waals surface area contributed by atoms with Crippen LogP contribution in [0.4, 0.5) is 5.95 Å². The predicted molar refractivity (Wildman–Crippen MR) is 65.8 cm³/mol. The van der Waals surface area contributed by atoms with E-state index in [4.69, 9.17) is 11.6 Å². The van der Waals surface area contributed by atoms with E-state index >= 15 is 0 Å². The van der Waals surface area contributed by atoms with Crippen LogP contribution < -0.4 is 4.90 Å². The van der Waals surface area contributed by atoms with Gasteiger partial charge in [-0.05, 0) is 34.9 Å². The minimum absolute atomic E-state index is 0.597. The molecular formula is C9H11ClIN3. The lowest BCUT2D eigenvalue weighted by atomic mass is 10.2. The molecule has 0 aromatic carbocycles. The molecule has 14 heavy (non-hydrogen) atoms. The Hall–Kier alpha value is -0.100. The molecule has 0 aliphatic carbocycles. The summed E-state index contributed by atoms with van der Waals surface area (Å²) in [5.74, 6) is 2.17. The predicted octanol–water partition coefficient (Wildman–Crippen LogP) is 2.15. The average molecular weight is 324 g/mol. The van der Waals surface area contributed by atoms with E-state index in [0.717, 1.165) is 34.9 Å². The molecule has 76 valence electrons. The Morgan fingerprint density at radius 3 is 2.79 bits per heavy atom. The largest absolute Gasteiger partial charge is 0.340 e. The molecule has 2 rings (SSSR count). The van der Waals surface area contributed by atoms with Gasteiger partial charge in [0.15, 0.2) is 0 Å². The number of halogens is 2. The summed E-state index contributed by atoms with van der Waals surface area (Å²) in [6.07, 6.45) is 4.84. The van der Waals surface area contributed by atoms with Gasteiger partial charge in [0.05, 0.1) is 0 Å². The highest BCUT2D eigenvalue weighted by molar-refractivity contribution is 14.1. The Balaban J connectivity index is 2.06. The second-order valence-electron chi connectivity index (χ2n) is 3.46. The third-order valence-corrected chi connectivity index (χ3v) is 3.39. The quantitative estimate of drug-likeness (QED) is 0.617. The summed E-state index contributed by atoms with van der Waals surface area (Å²) >= 11 is 8.02. The van der Waals surface area contributed by atoms with Crippen LogP contribution in [0.1, 0.15) is 6.42 Å². The summed E-state index contributed by atoms with van der Waals surface area (Å²) in [5.41, 5.74) is 0. The van der Waals surface area contributed by atoms with E-state index < -0.39 is 0 Å². The third-order valence-electron chi connectivity index (χ3n) is 2.39. The molecule has 1 atom stereocenters. The van der Waals surface area contributed by atoms with Crippen molar-refractivity contribution < 1.29 is 0 Å². The molecule has 5 heteroatoms. The van der Waals surface area contributed by atoms with E-state index in [2.05, 4.69) is 37.5 Å². The minimum Gasteiger partial charge on any atom is -0.340 e. The Bertz CT molecular complexity index is 303. The smallest absolute Gasteiger partial charge is 0.225 e. The number of aromatic nitrogens is 2. The average Bonchev–Trinajstić information content (AvgIpc) is 2.67. The Morgan fingerprint density at radius 1 is 1.50 bits per heavy atom. The van der Waals surface area contributed by atoms with Gasteiger partial charge in [-0.25, -0.2) is 9.97 Å². The van der Waals surface area contributed by atoms with Crippen LogP contribution in [0.3, 0.4) is 0 Å². The lowest BCUT2D eigenvalue weighted by molar-refractivity contribution is 0.665. The SMILES string of the molecule is ClCC1CCN(c2ncc(I)cn2)C1. The highest BCUT2D eigenvalue weighted by atomic mass is 127. The number of rotatable bonds is 2. The number of hydrogen-bond donors (Lipinski definition) is 0. The van der Waals surface area contributed by atoms with Crippen LogP contribution in [0.15, 0.2) is 12.4 Å². The number of anilines is 1. The van der Waals surface area contributed by atoms with E-state index in [1.165, 1.54) is 0 Å². The zero-order chi connectivity index (χ0) is 9.97. The minimum atomic E-state index is 0.597. The number of nitrogens with zero attached hydrogens (tertiary/aromatic N) is 3. The first kappa shape index (κ1) is 10.4. The maximum Gasteiger partial charge on any atom is 0.225 e. The van der Waals surface area contributed by atoms with E-state index in [9.17, 15) is 0 Å². The molecule has 2 heterocycles. The van der Waals surface area contributed by atoms with Gasteiger partial charge in [0.25, 0.3) is 0 Å². The maximum atomic E-state index is 5.82. The van der Waals surface area contributed by atoms with Gasteiger partial charge in [-0.2, -0.15) is 0 Å². The van der Waals surface area contributed by atoms with Crippen LogP contribution in [0, 0.1) is 9.49 Å². The standard InChI is InChI=1S/C9H11ClIN3/c10-3-7-1-2-14(6-7)9-12-4-8(11)5-13-9/h4-5,7H,1-3,6H2. The fraction of sp³-hybridized carbons (Fsp3) is 0.556. The summed E-state index contributed by atoms with van der Waals surface area (Å²) in [6.45, 7) is 2.02. The molecule has 1 saturated heterocycles. The van der Waals surface area contributed by atoms with E-state index in [1.807, 2.05) is 12.4 Å². The van der Waals surface area contributed by atoms with Crippen molar-refractivity contribution >= 4 is 40.1 Å². The second-order valence-corrected chi connectivity index (χ2v) is 5.01. The van der Waals surface area contributed by atoms with Gasteiger partial charge < -0.3 is 4.90 Å². The van der Waals surface area contributed by atoms with Crippen LogP contribution >= 0.6 is 34.2 Å². The van der Waals surface area contributed by atoms with E-state index in [-0.39, 0.29) is 0 Å². The molecule has 3 nitrogen and oxygen atoms in total. The molecule has 1 aliphatic rings. The third kappa shape index (κ3) is 2.28. The normalized spacial score (nSPS) is 21.6. The van der Waals surface area contributed by atoms with Crippen molar-refractivity contribution in [2.45, 2.75) is 6.42 Å². The fourth-order valence-corrected chi connectivity index (χ4v) is 2.14. The molecule has 0 spiro atoms. The molecular weight excluding hydrogens is 312 g/mol. The Morgan fingerprint density at radius 2 is 2.21 bits per heavy atom. The lowest BCUT2D eigenvalue weighted by Crippen LogP contribution is -2.22. The molecule has 0 saturated carbocycles. The van der Waals surface area contributed by atoms with Gasteiger partial charge >= 0.3 is 0 Å². The first-order valence-electron chi connectivity index (χ1n) is 4.58. The molecule has 1 aromatic rings. The molecule has 1 aliphatic heterocycles. The van der Waals surface area contributed by atoms with Crippen LogP contribution in [0.2, 0.25) is 0 Å². The van der Waals surface area contributed by atoms with Crippen LogP contribution in [0.5, 0.6) is 0 Å². The van der Waals surface area contributed by atoms with Gasteiger partial charge in [0.1, 0.15) is 0 Å². The van der Waals surface area contributed by atoms with Crippen LogP contribution in [-0.4, -0.2) is 28.9 Å². The summed E-state index contributed by atoms with van der Waals surface area (Å²) < 4.78 is 1.07. The molecule has 0 radical (unpaired) electrons. The van der Waals surface area contributed by atoms with Crippen molar-refractivity contribution in [3.63, 3.8) is 0 Å². The summed E-state index contributed by atoms with van der Waals surface area (Å²) in [6, 6.07) is 0. The summed E-state index contributed by atoms with van der Waals surface area (Å²) in [4.78, 5) is 10.8. The highest BCUT2D eigenvalue weighted by Gasteiger charge is 2.23. The lowest BCUT2D eigenvalue weighted by Gasteiger charge is -2.15. The molecule has 1 fully saturated rings. The zero-order valence-electron chi connectivity index (χ0n) is 7.66. The highest BCUT2D eigenvalue weighted by Crippen LogP contribution is 2.21. The Kier molecular flexibility index (Phi) is 3.43. The summed E-state index contributed by atoms with van der Waals surface area (Å²) in [7, 11) is 0. The fourth-order valence-electron chi connectivity index (χ4n) is 1.61. The molecule has 0 bridgehead atoms. The van der Waals surface area contributed by atoms with Gasteiger partial charge in [0.2, 0.25) is 5.95 Å². The topological polar surface area (TPSA) is 29.0 Å². The van der Waals surface area contributed by atoms with Crippen molar-refractivity contribution in [3.8, 4) is 0 Å². The first-order chi connectivity index (χ1) is 6.79. The van der Waals surface area contributed by atoms with Crippen molar-refractivity contribution in [1.29, 1.82) is 0 Å². The van der Waals surface area contributed by atoms with Crippen LogP contribution in [0.25, 0.3) is 0 Å². The van der Waals surface area contributed by atoms with Crippen molar-refractivity contribution in [1.82, 2.24) is 9.97 Å². The maximum absolute atomic E-state index is 5.82. The van der Waals surface area contributed by atoms with Crippen molar-refractivity contribution in [2.24, 2.45) is 5.92 Å². The van der Waals surface area contributed by atoms with Gasteiger partial charge in [0, 0.05) is 34.9 Å². The van der Waals surface area contributed by atoms with E-state index in [1.54, 1.807) is 0 Å². The van der Waals surface area contributed by atoms with Gasteiger partial charge in [-0.15, -0.1) is 11.6 Å².